The van der Waals surface area contributed by atoms with Crippen LogP contribution in [0.25, 0.3) is 0 Å². The summed E-state index contributed by atoms with van der Waals surface area (Å²) in [6.45, 7) is -0.140. The molecule has 2 aromatic rings. The molecule has 20 heavy (non-hydrogen) atoms. The number of nitrogens with one attached hydrogen (secondary N) is 1. The molecular weight excluding hydrogens is 294 g/mol. The number of anilines is 1. The van der Waals surface area contributed by atoms with Gasteiger partial charge in [0, 0.05) is 15.9 Å². The van der Waals surface area contributed by atoms with Crippen molar-refractivity contribution < 1.29 is 13.5 Å². The Hall–Kier alpha value is -1.37. The first-order chi connectivity index (χ1) is 9.58. The number of rotatable bonds is 4. The maximum Gasteiger partial charge on any atom is 0.262 e. The molecule has 0 saturated heterocycles. The van der Waals surface area contributed by atoms with Crippen LogP contribution in [-0.2, 0) is 29.5 Å². The minimum absolute atomic E-state index is 0.140. The number of thiophene rings is 1. The Bertz CT molecular complexity index is 735. The monoisotopic (exact) mass is 309 g/mol. The van der Waals surface area contributed by atoms with Crippen molar-refractivity contribution in [2.45, 2.75) is 30.8 Å². The number of aliphatic hydroxyl groups is 1. The fourth-order valence-electron chi connectivity index (χ4n) is 2.43. The smallest absolute Gasteiger partial charge is 0.262 e. The lowest BCUT2D eigenvalue weighted by molar-refractivity contribution is 0.285. The Morgan fingerprint density at radius 3 is 2.75 bits per heavy atom. The molecule has 0 fully saturated rings. The van der Waals surface area contributed by atoms with E-state index in [9.17, 15) is 8.42 Å². The van der Waals surface area contributed by atoms with E-state index in [0.717, 1.165) is 19.3 Å². The highest BCUT2D eigenvalue weighted by Crippen LogP contribution is 2.27. The van der Waals surface area contributed by atoms with Crippen LogP contribution < -0.4 is 4.72 Å². The van der Waals surface area contributed by atoms with E-state index >= 15 is 0 Å². The molecule has 0 saturated carbocycles. The van der Waals surface area contributed by atoms with Crippen molar-refractivity contribution in [3.63, 3.8) is 0 Å². The number of aliphatic hydroxyl groups excluding tert-OH is 1. The summed E-state index contributed by atoms with van der Waals surface area (Å²) in [6.07, 6.45) is 3.22. The van der Waals surface area contributed by atoms with E-state index in [1.54, 1.807) is 11.4 Å². The predicted molar refractivity (Wildman–Crippen MR) is 79.5 cm³/mol. The van der Waals surface area contributed by atoms with Gasteiger partial charge in [0.2, 0.25) is 0 Å². The van der Waals surface area contributed by atoms with Crippen LogP contribution in [-0.4, -0.2) is 13.5 Å². The summed E-state index contributed by atoms with van der Waals surface area (Å²) in [7, 11) is -3.57. The Kier molecular flexibility index (Phi) is 3.54. The summed E-state index contributed by atoms with van der Waals surface area (Å²) < 4.78 is 27.1. The highest BCUT2D eigenvalue weighted by Gasteiger charge is 2.18. The van der Waals surface area contributed by atoms with Gasteiger partial charge in [-0.25, -0.2) is 8.42 Å². The maximum absolute atomic E-state index is 12.2. The van der Waals surface area contributed by atoms with Crippen LogP contribution in [0.2, 0.25) is 0 Å². The van der Waals surface area contributed by atoms with E-state index in [4.69, 9.17) is 5.11 Å². The van der Waals surface area contributed by atoms with Crippen molar-refractivity contribution in [1.82, 2.24) is 0 Å². The number of aryl methyl sites for hydroxylation is 2. The third-order valence-corrected chi connectivity index (χ3v) is 5.88. The Balaban J connectivity index is 1.86. The zero-order valence-corrected chi connectivity index (χ0v) is 12.4. The molecule has 1 aliphatic rings. The van der Waals surface area contributed by atoms with Crippen LogP contribution in [0.1, 0.15) is 22.4 Å². The third-order valence-electron chi connectivity index (χ3n) is 3.45. The Morgan fingerprint density at radius 1 is 1.20 bits per heavy atom. The van der Waals surface area contributed by atoms with Gasteiger partial charge in [-0.3, -0.25) is 4.72 Å². The molecule has 4 nitrogen and oxygen atoms in total. The van der Waals surface area contributed by atoms with Gasteiger partial charge in [-0.1, -0.05) is 6.07 Å². The molecular formula is C14H15NO3S2. The van der Waals surface area contributed by atoms with E-state index < -0.39 is 10.0 Å². The van der Waals surface area contributed by atoms with Crippen LogP contribution >= 0.6 is 11.3 Å². The number of sulfonamides is 1. The number of fused-ring (bicyclic) bond motifs is 1. The summed E-state index contributed by atoms with van der Waals surface area (Å²) in [4.78, 5) is 0.839. The molecule has 106 valence electrons. The standard InChI is InChI=1S/C14H15NO3S2/c16-8-13-7-14(9-19-13)20(17,18)15-12-5-4-10-2-1-3-11(10)6-12/h4-7,9,15-16H,1-3,8H2. The highest BCUT2D eigenvalue weighted by molar-refractivity contribution is 7.92. The zero-order chi connectivity index (χ0) is 14.2. The molecule has 6 heteroatoms. The number of hydrogen-bond acceptors (Lipinski definition) is 4. The van der Waals surface area contributed by atoms with Crippen molar-refractivity contribution in [2.75, 3.05) is 4.72 Å². The molecule has 0 aliphatic heterocycles. The lowest BCUT2D eigenvalue weighted by atomic mass is 10.1. The maximum atomic E-state index is 12.2. The first-order valence-corrected chi connectivity index (χ1v) is 8.78. The molecule has 2 N–H and O–H groups in total. The second kappa shape index (κ2) is 5.20. The SMILES string of the molecule is O=S(=O)(Nc1ccc2c(c1)CCC2)c1csc(CO)c1. The van der Waals surface area contributed by atoms with Gasteiger partial charge in [-0.15, -0.1) is 11.3 Å². The van der Waals surface area contributed by atoms with E-state index in [1.807, 2.05) is 12.1 Å². The molecule has 1 aromatic heterocycles. The van der Waals surface area contributed by atoms with Crippen molar-refractivity contribution in [2.24, 2.45) is 0 Å². The predicted octanol–water partition coefficient (Wildman–Crippen LogP) is 2.53. The topological polar surface area (TPSA) is 66.4 Å². The second-order valence-corrected chi connectivity index (χ2v) is 7.53. The minimum Gasteiger partial charge on any atom is -0.391 e. The first kappa shape index (κ1) is 13.6. The Morgan fingerprint density at radius 2 is 2.00 bits per heavy atom. The lowest BCUT2D eigenvalue weighted by Crippen LogP contribution is -2.12. The molecule has 1 heterocycles. The van der Waals surface area contributed by atoms with Crippen LogP contribution in [0.4, 0.5) is 5.69 Å². The van der Waals surface area contributed by atoms with Crippen molar-refractivity contribution >= 4 is 27.0 Å². The van der Waals surface area contributed by atoms with Crippen LogP contribution in [0.3, 0.4) is 0 Å². The molecule has 3 rings (SSSR count). The van der Waals surface area contributed by atoms with Gasteiger partial charge in [-0.05, 0) is 48.6 Å². The van der Waals surface area contributed by atoms with Crippen LogP contribution in [0, 0.1) is 0 Å². The minimum atomic E-state index is -3.57. The third kappa shape index (κ3) is 2.59. The van der Waals surface area contributed by atoms with Gasteiger partial charge in [0.05, 0.1) is 11.5 Å². The Labute approximate surface area is 122 Å². The second-order valence-electron chi connectivity index (χ2n) is 4.85. The molecule has 0 unspecified atom stereocenters. The van der Waals surface area contributed by atoms with Crippen molar-refractivity contribution in [3.8, 4) is 0 Å². The van der Waals surface area contributed by atoms with Crippen molar-refractivity contribution in [1.29, 1.82) is 0 Å². The van der Waals surface area contributed by atoms with E-state index in [1.165, 1.54) is 28.5 Å². The van der Waals surface area contributed by atoms with Gasteiger partial charge >= 0.3 is 0 Å². The number of benzene rings is 1. The zero-order valence-electron chi connectivity index (χ0n) is 10.8. The van der Waals surface area contributed by atoms with Gasteiger partial charge in [-0.2, -0.15) is 0 Å². The molecule has 0 atom stereocenters. The van der Waals surface area contributed by atoms with Gasteiger partial charge in [0.15, 0.2) is 0 Å². The summed E-state index contributed by atoms with van der Waals surface area (Å²) in [5.41, 5.74) is 3.14. The highest BCUT2D eigenvalue weighted by atomic mass is 32.2. The van der Waals surface area contributed by atoms with E-state index in [-0.39, 0.29) is 11.5 Å². The van der Waals surface area contributed by atoms with E-state index in [2.05, 4.69) is 4.72 Å². The lowest BCUT2D eigenvalue weighted by Gasteiger charge is -2.08. The average molecular weight is 309 g/mol. The normalized spacial score (nSPS) is 14.2. The van der Waals surface area contributed by atoms with Gasteiger partial charge in [0.25, 0.3) is 10.0 Å². The molecule has 0 bridgehead atoms. The first-order valence-electron chi connectivity index (χ1n) is 6.41. The quantitative estimate of drug-likeness (QED) is 0.912. The summed E-state index contributed by atoms with van der Waals surface area (Å²) in [5.74, 6) is 0. The molecule has 0 radical (unpaired) electrons. The number of hydrogen-bond donors (Lipinski definition) is 2. The van der Waals surface area contributed by atoms with Crippen LogP contribution in [0.5, 0.6) is 0 Å². The summed E-state index contributed by atoms with van der Waals surface area (Å²) in [6, 6.07) is 7.22. The van der Waals surface area contributed by atoms with E-state index in [0.29, 0.717) is 10.6 Å². The fraction of sp³-hybridized carbons (Fsp3) is 0.286. The summed E-state index contributed by atoms with van der Waals surface area (Å²) in [5, 5.41) is 10.6. The molecule has 0 amide bonds. The average Bonchev–Trinajstić information content (AvgIpc) is 3.06. The summed E-state index contributed by atoms with van der Waals surface area (Å²) >= 11 is 1.24. The fourth-order valence-corrected chi connectivity index (χ4v) is 4.62. The molecule has 1 aromatic carbocycles. The largest absolute Gasteiger partial charge is 0.391 e. The van der Waals surface area contributed by atoms with Crippen molar-refractivity contribution in [3.05, 3.63) is 45.6 Å². The van der Waals surface area contributed by atoms with Crippen LogP contribution in [0.15, 0.2) is 34.5 Å². The van der Waals surface area contributed by atoms with Gasteiger partial charge < -0.3 is 5.11 Å². The molecule has 1 aliphatic carbocycles. The van der Waals surface area contributed by atoms with Gasteiger partial charge in [0.1, 0.15) is 0 Å². The molecule has 0 spiro atoms.